The highest BCUT2D eigenvalue weighted by molar-refractivity contribution is 5.92. The molecule has 0 saturated carbocycles. The molecule has 0 aliphatic carbocycles. The van der Waals surface area contributed by atoms with Crippen molar-refractivity contribution in [1.82, 2.24) is 25.3 Å². The number of rotatable bonds is 6. The van der Waals surface area contributed by atoms with E-state index in [0.29, 0.717) is 0 Å². The monoisotopic (exact) mass is 436 g/mol. The average molecular weight is 437 g/mol. The Hall–Kier alpha value is -3.16. The van der Waals surface area contributed by atoms with Gasteiger partial charge in [-0.05, 0) is 64.3 Å². The van der Waals surface area contributed by atoms with Crippen molar-refractivity contribution in [3.05, 3.63) is 35.7 Å². The van der Waals surface area contributed by atoms with Gasteiger partial charge in [0.15, 0.2) is 5.82 Å². The van der Waals surface area contributed by atoms with Crippen molar-refractivity contribution in [1.29, 1.82) is 0 Å². The fraction of sp³-hybridized carbons (Fsp3) is 0.500. The van der Waals surface area contributed by atoms with Gasteiger partial charge in [-0.3, -0.25) is 4.79 Å². The van der Waals surface area contributed by atoms with E-state index in [1.54, 1.807) is 7.11 Å². The first kappa shape index (κ1) is 22.0. The number of benzene rings is 1. The Morgan fingerprint density at radius 3 is 2.50 bits per heavy atom. The molecule has 170 valence electrons. The number of carbonyl (C=O) groups excluding carboxylic acids is 1. The minimum atomic E-state index is 0.0488. The molecule has 32 heavy (non-hydrogen) atoms. The molecule has 8 nitrogen and oxygen atoms in total. The SMILES string of the molecule is CC[C@H](C)NC(=O)C1CCN(c2nnc(C)c3c(C)n(-c4ccc(OC)cc4)nc23)CC1. The molecule has 1 atom stereocenters. The topological polar surface area (TPSA) is 85.2 Å². The third kappa shape index (κ3) is 4.13. The molecule has 1 amide bonds. The van der Waals surface area contributed by atoms with E-state index in [9.17, 15) is 4.79 Å². The van der Waals surface area contributed by atoms with Gasteiger partial charge in [0.2, 0.25) is 5.91 Å². The maximum atomic E-state index is 12.5. The van der Waals surface area contributed by atoms with Crippen molar-refractivity contribution in [2.75, 3.05) is 25.1 Å². The van der Waals surface area contributed by atoms with Gasteiger partial charge in [-0.1, -0.05) is 6.92 Å². The molecule has 3 aromatic rings. The lowest BCUT2D eigenvalue weighted by atomic mass is 9.95. The standard InChI is InChI=1S/C24H32N6O2/c1-6-15(2)25-24(31)18-11-13-29(14-12-18)23-22-21(16(3)26-27-23)17(4)30(28-22)19-7-9-20(32-5)10-8-19/h7-10,15,18H,6,11-14H2,1-5H3,(H,25,31)/t15-/m0/s1. The van der Waals surface area contributed by atoms with Crippen LogP contribution in [0.3, 0.4) is 0 Å². The number of amides is 1. The lowest BCUT2D eigenvalue weighted by molar-refractivity contribution is -0.126. The van der Waals surface area contributed by atoms with Crippen LogP contribution in [0, 0.1) is 19.8 Å². The van der Waals surface area contributed by atoms with Crippen molar-refractivity contribution in [2.24, 2.45) is 5.92 Å². The smallest absolute Gasteiger partial charge is 0.223 e. The first-order valence-corrected chi connectivity index (χ1v) is 11.3. The zero-order valence-corrected chi connectivity index (χ0v) is 19.6. The second-order valence-corrected chi connectivity index (χ2v) is 8.61. The zero-order valence-electron chi connectivity index (χ0n) is 19.6. The van der Waals surface area contributed by atoms with E-state index in [1.807, 2.05) is 42.8 Å². The second-order valence-electron chi connectivity index (χ2n) is 8.61. The molecule has 0 unspecified atom stereocenters. The summed E-state index contributed by atoms with van der Waals surface area (Å²) in [5.41, 5.74) is 3.71. The normalized spacial score (nSPS) is 15.7. The molecule has 1 saturated heterocycles. The Morgan fingerprint density at radius 1 is 1.19 bits per heavy atom. The summed E-state index contributed by atoms with van der Waals surface area (Å²) in [5, 5.41) is 18.0. The van der Waals surface area contributed by atoms with Crippen molar-refractivity contribution in [2.45, 2.75) is 53.0 Å². The maximum Gasteiger partial charge on any atom is 0.223 e. The van der Waals surface area contributed by atoms with E-state index in [2.05, 4.69) is 34.3 Å². The highest BCUT2D eigenvalue weighted by Gasteiger charge is 2.28. The highest BCUT2D eigenvalue weighted by atomic mass is 16.5. The predicted octanol–water partition coefficient (Wildman–Crippen LogP) is 3.57. The summed E-state index contributed by atoms with van der Waals surface area (Å²) in [7, 11) is 1.66. The van der Waals surface area contributed by atoms with Gasteiger partial charge < -0.3 is 15.0 Å². The van der Waals surface area contributed by atoms with Gasteiger partial charge >= 0.3 is 0 Å². The van der Waals surface area contributed by atoms with E-state index in [-0.39, 0.29) is 17.9 Å². The number of nitrogens with zero attached hydrogens (tertiary/aromatic N) is 5. The van der Waals surface area contributed by atoms with Crippen LogP contribution in [0.25, 0.3) is 16.6 Å². The highest BCUT2D eigenvalue weighted by Crippen LogP contribution is 2.31. The molecule has 1 fully saturated rings. The first-order chi connectivity index (χ1) is 15.4. The summed E-state index contributed by atoms with van der Waals surface area (Å²) in [4.78, 5) is 14.8. The molecule has 0 spiro atoms. The van der Waals surface area contributed by atoms with E-state index in [1.165, 1.54) is 0 Å². The van der Waals surface area contributed by atoms with Crippen molar-refractivity contribution in [3.8, 4) is 11.4 Å². The Morgan fingerprint density at radius 2 is 1.88 bits per heavy atom. The number of aromatic nitrogens is 4. The number of aryl methyl sites for hydroxylation is 2. The van der Waals surface area contributed by atoms with Crippen LogP contribution in [-0.2, 0) is 4.79 Å². The molecule has 8 heteroatoms. The number of hydrogen-bond donors (Lipinski definition) is 1. The third-order valence-electron chi connectivity index (χ3n) is 6.47. The second kappa shape index (κ2) is 9.14. The summed E-state index contributed by atoms with van der Waals surface area (Å²) >= 11 is 0. The van der Waals surface area contributed by atoms with Gasteiger partial charge in [0, 0.05) is 25.0 Å². The van der Waals surface area contributed by atoms with Crippen molar-refractivity contribution in [3.63, 3.8) is 0 Å². The Labute approximate surface area is 189 Å². The largest absolute Gasteiger partial charge is 0.497 e. The molecule has 0 radical (unpaired) electrons. The summed E-state index contributed by atoms with van der Waals surface area (Å²) in [6.45, 7) is 9.69. The summed E-state index contributed by atoms with van der Waals surface area (Å²) < 4.78 is 7.22. The Bertz CT molecular complexity index is 1100. The molecule has 1 aliphatic rings. The lowest BCUT2D eigenvalue weighted by Crippen LogP contribution is -2.43. The molecule has 1 aromatic carbocycles. The van der Waals surface area contributed by atoms with Gasteiger partial charge in [-0.25, -0.2) is 4.68 Å². The summed E-state index contributed by atoms with van der Waals surface area (Å²) in [6.07, 6.45) is 2.55. The lowest BCUT2D eigenvalue weighted by Gasteiger charge is -2.32. The third-order valence-corrected chi connectivity index (χ3v) is 6.47. The van der Waals surface area contributed by atoms with Gasteiger partial charge in [-0.2, -0.15) is 10.2 Å². The molecule has 1 N–H and O–H groups in total. The fourth-order valence-corrected chi connectivity index (χ4v) is 4.32. The fourth-order valence-electron chi connectivity index (χ4n) is 4.32. The van der Waals surface area contributed by atoms with Gasteiger partial charge in [0.05, 0.1) is 29.6 Å². The molecule has 0 bridgehead atoms. The molecule has 1 aliphatic heterocycles. The number of anilines is 1. The number of carbonyl (C=O) groups is 1. The van der Waals surface area contributed by atoms with Crippen LogP contribution in [-0.4, -0.2) is 52.1 Å². The van der Waals surface area contributed by atoms with E-state index >= 15 is 0 Å². The average Bonchev–Trinajstić information content (AvgIpc) is 3.17. The number of ether oxygens (including phenoxy) is 1. The van der Waals surface area contributed by atoms with Crippen molar-refractivity contribution < 1.29 is 9.53 Å². The molecular weight excluding hydrogens is 404 g/mol. The molecular formula is C24H32N6O2. The Kier molecular flexibility index (Phi) is 6.30. The number of piperidine rings is 1. The quantitative estimate of drug-likeness (QED) is 0.636. The summed E-state index contributed by atoms with van der Waals surface area (Å²) in [6, 6.07) is 8.07. The van der Waals surface area contributed by atoms with Crippen LogP contribution in [0.5, 0.6) is 5.75 Å². The van der Waals surface area contributed by atoms with E-state index in [4.69, 9.17) is 9.84 Å². The zero-order chi connectivity index (χ0) is 22.8. The van der Waals surface area contributed by atoms with Crippen LogP contribution in [0.4, 0.5) is 5.82 Å². The minimum Gasteiger partial charge on any atom is -0.497 e. The molecule has 3 heterocycles. The van der Waals surface area contributed by atoms with Gasteiger partial charge in [-0.15, -0.1) is 5.10 Å². The summed E-state index contributed by atoms with van der Waals surface area (Å²) in [5.74, 6) is 1.82. The minimum absolute atomic E-state index is 0.0488. The van der Waals surface area contributed by atoms with E-state index < -0.39 is 0 Å². The number of methoxy groups -OCH3 is 1. The number of hydrogen-bond acceptors (Lipinski definition) is 6. The number of fused-ring (bicyclic) bond motifs is 1. The maximum absolute atomic E-state index is 12.5. The van der Waals surface area contributed by atoms with Crippen molar-refractivity contribution >= 4 is 22.6 Å². The number of nitrogens with one attached hydrogen (secondary N) is 1. The molecule has 2 aromatic heterocycles. The van der Waals surface area contributed by atoms with Crippen LogP contribution >= 0.6 is 0 Å². The molecule has 4 rings (SSSR count). The van der Waals surface area contributed by atoms with Crippen LogP contribution in [0.2, 0.25) is 0 Å². The Balaban J connectivity index is 1.60. The predicted molar refractivity (Wildman–Crippen MR) is 126 cm³/mol. The van der Waals surface area contributed by atoms with Gasteiger partial charge in [0.25, 0.3) is 0 Å². The van der Waals surface area contributed by atoms with Crippen LogP contribution < -0.4 is 15.0 Å². The van der Waals surface area contributed by atoms with Crippen LogP contribution in [0.1, 0.15) is 44.5 Å². The van der Waals surface area contributed by atoms with Gasteiger partial charge in [0.1, 0.15) is 11.3 Å². The van der Waals surface area contributed by atoms with Crippen LogP contribution in [0.15, 0.2) is 24.3 Å². The van der Waals surface area contributed by atoms with E-state index in [0.717, 1.165) is 71.9 Å². The first-order valence-electron chi connectivity index (χ1n) is 11.3.